The molecule has 0 saturated carbocycles. The Balaban J connectivity index is 1.39. The Hall–Kier alpha value is -2.37. The molecule has 0 saturated heterocycles. The minimum absolute atomic E-state index is 0.270. The van der Waals surface area contributed by atoms with Gasteiger partial charge in [0, 0.05) is 19.3 Å². The van der Waals surface area contributed by atoms with Gasteiger partial charge in [-0.2, -0.15) is 5.10 Å². The monoisotopic (exact) mass is 325 g/mol. The summed E-state index contributed by atoms with van der Waals surface area (Å²) in [6.07, 6.45) is 3.29. The summed E-state index contributed by atoms with van der Waals surface area (Å²) in [6.45, 7) is 4.32. The molecule has 0 amide bonds. The van der Waals surface area contributed by atoms with E-state index in [0.29, 0.717) is 6.54 Å². The molecule has 0 spiro atoms. The number of rotatable bonds is 8. The number of hydrogen-bond donors (Lipinski definition) is 2. The SMILES string of the molecule is Cc1cnn(CCNC[C@@H](O)COc2ccc3ccccc3c2)c1. The Morgan fingerprint density at radius 3 is 2.83 bits per heavy atom. The van der Waals surface area contributed by atoms with Crippen molar-refractivity contribution in [3.63, 3.8) is 0 Å². The van der Waals surface area contributed by atoms with Crippen molar-refractivity contribution in [2.75, 3.05) is 19.7 Å². The van der Waals surface area contributed by atoms with E-state index in [4.69, 9.17) is 4.74 Å². The molecule has 1 aromatic heterocycles. The van der Waals surface area contributed by atoms with E-state index in [0.717, 1.165) is 29.8 Å². The second-order valence-electron chi connectivity index (χ2n) is 5.96. The molecule has 3 aromatic rings. The van der Waals surface area contributed by atoms with Crippen LogP contribution in [0.2, 0.25) is 0 Å². The predicted octanol–water partition coefficient (Wildman–Crippen LogP) is 2.37. The van der Waals surface area contributed by atoms with Crippen molar-refractivity contribution < 1.29 is 9.84 Å². The quantitative estimate of drug-likeness (QED) is 0.624. The van der Waals surface area contributed by atoms with Gasteiger partial charge in [0.15, 0.2) is 0 Å². The second kappa shape index (κ2) is 7.95. The lowest BCUT2D eigenvalue weighted by molar-refractivity contribution is 0.106. The predicted molar refractivity (Wildman–Crippen MR) is 95.3 cm³/mol. The van der Waals surface area contributed by atoms with E-state index in [9.17, 15) is 5.11 Å². The van der Waals surface area contributed by atoms with Crippen LogP contribution in [0, 0.1) is 6.92 Å². The van der Waals surface area contributed by atoms with E-state index in [1.807, 2.05) is 54.3 Å². The largest absolute Gasteiger partial charge is 0.491 e. The number of ether oxygens (including phenoxy) is 1. The molecular formula is C19H23N3O2. The van der Waals surface area contributed by atoms with Crippen molar-refractivity contribution >= 4 is 10.8 Å². The molecule has 24 heavy (non-hydrogen) atoms. The minimum Gasteiger partial charge on any atom is -0.491 e. The molecule has 0 fully saturated rings. The first-order valence-electron chi connectivity index (χ1n) is 8.20. The highest BCUT2D eigenvalue weighted by molar-refractivity contribution is 5.83. The lowest BCUT2D eigenvalue weighted by Crippen LogP contribution is -2.33. The van der Waals surface area contributed by atoms with Crippen LogP contribution in [-0.4, -0.2) is 40.7 Å². The zero-order valence-corrected chi connectivity index (χ0v) is 13.9. The number of benzene rings is 2. The smallest absolute Gasteiger partial charge is 0.120 e. The first-order chi connectivity index (χ1) is 11.7. The highest BCUT2D eigenvalue weighted by Crippen LogP contribution is 2.20. The van der Waals surface area contributed by atoms with Gasteiger partial charge in [0.1, 0.15) is 18.5 Å². The Morgan fingerprint density at radius 1 is 1.21 bits per heavy atom. The molecule has 0 aliphatic carbocycles. The fraction of sp³-hybridized carbons (Fsp3) is 0.316. The Kier molecular flexibility index (Phi) is 5.46. The summed E-state index contributed by atoms with van der Waals surface area (Å²) in [7, 11) is 0. The average molecular weight is 325 g/mol. The van der Waals surface area contributed by atoms with E-state index in [-0.39, 0.29) is 6.61 Å². The average Bonchev–Trinajstić information content (AvgIpc) is 3.02. The first kappa shape index (κ1) is 16.5. The molecule has 1 heterocycles. The van der Waals surface area contributed by atoms with Crippen LogP contribution in [0.15, 0.2) is 54.9 Å². The highest BCUT2D eigenvalue weighted by Gasteiger charge is 2.05. The van der Waals surface area contributed by atoms with Gasteiger partial charge in [0.2, 0.25) is 0 Å². The van der Waals surface area contributed by atoms with Gasteiger partial charge in [-0.3, -0.25) is 4.68 Å². The van der Waals surface area contributed by atoms with Crippen LogP contribution in [0.25, 0.3) is 10.8 Å². The molecule has 126 valence electrons. The van der Waals surface area contributed by atoms with Gasteiger partial charge >= 0.3 is 0 Å². The zero-order valence-electron chi connectivity index (χ0n) is 13.9. The van der Waals surface area contributed by atoms with E-state index >= 15 is 0 Å². The summed E-state index contributed by atoms with van der Waals surface area (Å²) in [6, 6.07) is 14.1. The Bertz CT molecular complexity index is 785. The Labute approximate surface area is 141 Å². The third-order valence-corrected chi connectivity index (χ3v) is 3.82. The Morgan fingerprint density at radius 2 is 2.04 bits per heavy atom. The van der Waals surface area contributed by atoms with Gasteiger partial charge in [-0.15, -0.1) is 0 Å². The van der Waals surface area contributed by atoms with E-state index in [1.54, 1.807) is 0 Å². The standard InChI is InChI=1S/C19H23N3O2/c1-15-11-21-22(13-15)9-8-20-12-18(23)14-24-19-7-6-16-4-2-3-5-17(16)10-19/h2-7,10-11,13,18,20,23H,8-9,12,14H2,1H3/t18-/m1/s1. The second-order valence-corrected chi connectivity index (χ2v) is 5.96. The highest BCUT2D eigenvalue weighted by atomic mass is 16.5. The number of nitrogens with one attached hydrogen (secondary N) is 1. The molecule has 0 bridgehead atoms. The van der Waals surface area contributed by atoms with E-state index in [1.165, 1.54) is 5.39 Å². The zero-order chi connectivity index (χ0) is 16.8. The molecular weight excluding hydrogens is 302 g/mol. The molecule has 5 heteroatoms. The van der Waals surface area contributed by atoms with Crippen molar-refractivity contribution in [3.05, 3.63) is 60.4 Å². The first-order valence-corrected chi connectivity index (χ1v) is 8.20. The van der Waals surface area contributed by atoms with Crippen molar-refractivity contribution in [1.82, 2.24) is 15.1 Å². The summed E-state index contributed by atoms with van der Waals surface area (Å²) >= 11 is 0. The number of hydrogen-bond acceptors (Lipinski definition) is 4. The van der Waals surface area contributed by atoms with Crippen LogP contribution < -0.4 is 10.1 Å². The molecule has 0 radical (unpaired) electrons. The van der Waals surface area contributed by atoms with Gasteiger partial charge in [0.05, 0.1) is 12.7 Å². The summed E-state index contributed by atoms with van der Waals surface area (Å²) in [5.41, 5.74) is 1.15. The van der Waals surface area contributed by atoms with Crippen molar-refractivity contribution in [2.45, 2.75) is 19.6 Å². The van der Waals surface area contributed by atoms with Crippen LogP contribution >= 0.6 is 0 Å². The maximum atomic E-state index is 10.0. The molecule has 0 unspecified atom stereocenters. The normalized spacial score (nSPS) is 12.4. The van der Waals surface area contributed by atoms with E-state index < -0.39 is 6.10 Å². The summed E-state index contributed by atoms with van der Waals surface area (Å²) in [5, 5.41) is 19.8. The van der Waals surface area contributed by atoms with Crippen LogP contribution in [-0.2, 0) is 6.54 Å². The molecule has 0 aliphatic rings. The summed E-state index contributed by atoms with van der Waals surface area (Å²) in [4.78, 5) is 0. The fourth-order valence-electron chi connectivity index (χ4n) is 2.56. The third kappa shape index (κ3) is 4.57. The third-order valence-electron chi connectivity index (χ3n) is 3.82. The van der Waals surface area contributed by atoms with Gasteiger partial charge in [-0.25, -0.2) is 0 Å². The van der Waals surface area contributed by atoms with Crippen molar-refractivity contribution in [2.24, 2.45) is 0 Å². The minimum atomic E-state index is -0.546. The lowest BCUT2D eigenvalue weighted by Gasteiger charge is -2.13. The maximum Gasteiger partial charge on any atom is 0.120 e. The number of nitrogens with zero attached hydrogens (tertiary/aromatic N) is 2. The van der Waals surface area contributed by atoms with Crippen LogP contribution in [0.3, 0.4) is 0 Å². The molecule has 3 rings (SSSR count). The summed E-state index contributed by atoms with van der Waals surface area (Å²) < 4.78 is 7.58. The number of aryl methyl sites for hydroxylation is 1. The van der Waals surface area contributed by atoms with Gasteiger partial charge in [-0.1, -0.05) is 30.3 Å². The number of aliphatic hydroxyl groups excluding tert-OH is 1. The van der Waals surface area contributed by atoms with Gasteiger partial charge in [0.25, 0.3) is 0 Å². The van der Waals surface area contributed by atoms with Gasteiger partial charge < -0.3 is 15.2 Å². The molecule has 5 nitrogen and oxygen atoms in total. The molecule has 2 aromatic carbocycles. The van der Waals surface area contributed by atoms with Crippen LogP contribution in [0.5, 0.6) is 5.75 Å². The van der Waals surface area contributed by atoms with Crippen molar-refractivity contribution in [3.8, 4) is 5.75 Å². The van der Waals surface area contributed by atoms with Gasteiger partial charge in [-0.05, 0) is 35.4 Å². The lowest BCUT2D eigenvalue weighted by atomic mass is 10.1. The molecule has 1 atom stereocenters. The van der Waals surface area contributed by atoms with E-state index in [2.05, 4.69) is 22.5 Å². The molecule has 0 aliphatic heterocycles. The maximum absolute atomic E-state index is 10.0. The van der Waals surface area contributed by atoms with Crippen molar-refractivity contribution in [1.29, 1.82) is 0 Å². The molecule has 2 N–H and O–H groups in total. The number of aliphatic hydroxyl groups is 1. The fourth-order valence-corrected chi connectivity index (χ4v) is 2.56. The topological polar surface area (TPSA) is 59.3 Å². The van der Waals surface area contributed by atoms with Crippen LogP contribution in [0.4, 0.5) is 0 Å². The number of fused-ring (bicyclic) bond motifs is 1. The number of aromatic nitrogens is 2. The van der Waals surface area contributed by atoms with Crippen LogP contribution in [0.1, 0.15) is 5.56 Å². The summed E-state index contributed by atoms with van der Waals surface area (Å²) in [5.74, 6) is 0.778.